The molecule has 0 bridgehead atoms. The Hall–Kier alpha value is -2.70. The molecule has 1 aliphatic carbocycles. The van der Waals surface area contributed by atoms with Gasteiger partial charge in [0, 0.05) is 25.1 Å². The monoisotopic (exact) mass is 360 g/mol. The van der Waals surface area contributed by atoms with Crippen molar-refractivity contribution in [1.82, 2.24) is 10.2 Å². The van der Waals surface area contributed by atoms with Crippen LogP contribution in [-0.2, 0) is 9.59 Å². The van der Waals surface area contributed by atoms with Crippen LogP contribution in [0.15, 0.2) is 18.2 Å². The number of amides is 2. The number of hydrogen-bond acceptors (Lipinski definition) is 5. The first-order valence-electron chi connectivity index (χ1n) is 8.63. The average molecular weight is 360 g/mol. The topological polar surface area (TPSA) is 77.1 Å². The van der Waals surface area contributed by atoms with E-state index in [4.69, 9.17) is 14.2 Å². The molecule has 2 aliphatic rings. The van der Waals surface area contributed by atoms with Gasteiger partial charge in [0.25, 0.3) is 0 Å². The Bertz CT molecular complexity index is 702. The SMILES string of the molecule is COc1cc(/C=C/C(=O)NC2CC(=O)N(C3CC3)C2)cc(OC)c1OC. The van der Waals surface area contributed by atoms with Gasteiger partial charge in [-0.15, -0.1) is 0 Å². The zero-order valence-electron chi connectivity index (χ0n) is 15.3. The van der Waals surface area contributed by atoms with Gasteiger partial charge in [0.2, 0.25) is 17.6 Å². The third-order valence-corrected chi connectivity index (χ3v) is 4.61. The van der Waals surface area contributed by atoms with Gasteiger partial charge >= 0.3 is 0 Å². The van der Waals surface area contributed by atoms with Crippen molar-refractivity contribution in [3.05, 3.63) is 23.8 Å². The van der Waals surface area contributed by atoms with Gasteiger partial charge in [-0.05, 0) is 36.6 Å². The van der Waals surface area contributed by atoms with E-state index in [2.05, 4.69) is 5.32 Å². The highest BCUT2D eigenvalue weighted by atomic mass is 16.5. The van der Waals surface area contributed by atoms with Crippen LogP contribution in [-0.4, -0.2) is 56.7 Å². The first kappa shape index (κ1) is 18.1. The van der Waals surface area contributed by atoms with Gasteiger partial charge in [0.05, 0.1) is 27.4 Å². The minimum absolute atomic E-state index is 0.125. The summed E-state index contributed by atoms with van der Waals surface area (Å²) >= 11 is 0. The lowest BCUT2D eigenvalue weighted by atomic mass is 10.1. The van der Waals surface area contributed by atoms with E-state index >= 15 is 0 Å². The summed E-state index contributed by atoms with van der Waals surface area (Å²) in [6.45, 7) is 0.604. The molecule has 1 aromatic rings. The molecule has 1 aromatic carbocycles. The summed E-state index contributed by atoms with van der Waals surface area (Å²) in [5, 5.41) is 2.90. The number of ether oxygens (including phenoxy) is 3. The van der Waals surface area contributed by atoms with Gasteiger partial charge in [-0.25, -0.2) is 0 Å². The highest BCUT2D eigenvalue weighted by Crippen LogP contribution is 2.38. The van der Waals surface area contributed by atoms with E-state index in [0.29, 0.717) is 36.3 Å². The quantitative estimate of drug-likeness (QED) is 0.748. The maximum atomic E-state index is 12.2. The molecule has 0 spiro atoms. The van der Waals surface area contributed by atoms with Crippen molar-refractivity contribution >= 4 is 17.9 Å². The number of methoxy groups -OCH3 is 3. The molecule has 1 saturated heterocycles. The Morgan fingerprint density at radius 2 is 1.81 bits per heavy atom. The number of hydrogen-bond donors (Lipinski definition) is 1. The Morgan fingerprint density at radius 3 is 2.35 bits per heavy atom. The summed E-state index contributed by atoms with van der Waals surface area (Å²) in [4.78, 5) is 26.0. The molecule has 1 heterocycles. The zero-order valence-corrected chi connectivity index (χ0v) is 15.3. The Balaban J connectivity index is 1.64. The van der Waals surface area contributed by atoms with E-state index in [9.17, 15) is 9.59 Å². The van der Waals surface area contributed by atoms with Gasteiger partial charge in [-0.1, -0.05) is 0 Å². The lowest BCUT2D eigenvalue weighted by Crippen LogP contribution is -2.36. The minimum Gasteiger partial charge on any atom is -0.493 e. The normalized spacial score (nSPS) is 19.7. The molecule has 0 aromatic heterocycles. The van der Waals surface area contributed by atoms with Crippen LogP contribution in [0.4, 0.5) is 0 Å². The smallest absolute Gasteiger partial charge is 0.244 e. The van der Waals surface area contributed by atoms with Crippen LogP contribution in [0.2, 0.25) is 0 Å². The molecule has 26 heavy (non-hydrogen) atoms. The second kappa shape index (κ2) is 7.68. The predicted molar refractivity (Wildman–Crippen MR) is 96.4 cm³/mol. The molecule has 2 amide bonds. The zero-order chi connectivity index (χ0) is 18.7. The molecule has 1 aliphatic heterocycles. The second-order valence-electron chi connectivity index (χ2n) is 6.48. The highest BCUT2D eigenvalue weighted by molar-refractivity contribution is 5.93. The molecule has 7 nitrogen and oxygen atoms in total. The van der Waals surface area contributed by atoms with Gasteiger partial charge in [0.1, 0.15) is 0 Å². The van der Waals surface area contributed by atoms with E-state index in [1.54, 1.807) is 32.4 Å². The van der Waals surface area contributed by atoms with Crippen molar-refractivity contribution < 1.29 is 23.8 Å². The van der Waals surface area contributed by atoms with Crippen LogP contribution >= 0.6 is 0 Å². The molecular formula is C19H24N2O5. The van der Waals surface area contributed by atoms with Crippen molar-refractivity contribution in [1.29, 1.82) is 0 Å². The van der Waals surface area contributed by atoms with Crippen LogP contribution in [0, 0.1) is 0 Å². The first-order chi connectivity index (χ1) is 12.5. The summed E-state index contributed by atoms with van der Waals surface area (Å²) in [7, 11) is 4.62. The summed E-state index contributed by atoms with van der Waals surface area (Å²) < 4.78 is 15.9. The van der Waals surface area contributed by atoms with Crippen LogP contribution in [0.1, 0.15) is 24.8 Å². The van der Waals surface area contributed by atoms with Gasteiger partial charge in [-0.3, -0.25) is 9.59 Å². The summed E-state index contributed by atoms with van der Waals surface area (Å²) in [6.07, 6.45) is 5.65. The first-order valence-corrected chi connectivity index (χ1v) is 8.63. The molecule has 1 atom stereocenters. The summed E-state index contributed by atoms with van der Waals surface area (Å²) in [5.74, 6) is 1.45. The fourth-order valence-electron chi connectivity index (χ4n) is 3.19. The number of likely N-dealkylation sites (tertiary alicyclic amines) is 1. The summed E-state index contributed by atoms with van der Waals surface area (Å²) in [5.41, 5.74) is 0.747. The molecule has 1 N–H and O–H groups in total. The molecule has 2 fully saturated rings. The Morgan fingerprint density at radius 1 is 1.15 bits per heavy atom. The van der Waals surface area contributed by atoms with E-state index in [0.717, 1.165) is 18.4 Å². The third kappa shape index (κ3) is 3.92. The largest absolute Gasteiger partial charge is 0.493 e. The molecule has 0 radical (unpaired) electrons. The average Bonchev–Trinajstić information content (AvgIpc) is 3.42. The van der Waals surface area contributed by atoms with Gasteiger partial charge in [-0.2, -0.15) is 0 Å². The molecule has 3 rings (SSSR count). The lowest BCUT2D eigenvalue weighted by Gasteiger charge is -2.15. The van der Waals surface area contributed by atoms with Crippen LogP contribution in [0.5, 0.6) is 17.2 Å². The molecule has 140 valence electrons. The van der Waals surface area contributed by atoms with Crippen molar-refractivity contribution in [2.75, 3.05) is 27.9 Å². The minimum atomic E-state index is -0.228. The second-order valence-corrected chi connectivity index (χ2v) is 6.48. The van der Waals surface area contributed by atoms with Crippen molar-refractivity contribution in [2.45, 2.75) is 31.3 Å². The van der Waals surface area contributed by atoms with Crippen molar-refractivity contribution in [3.8, 4) is 17.2 Å². The fraction of sp³-hybridized carbons (Fsp3) is 0.474. The van der Waals surface area contributed by atoms with Crippen molar-refractivity contribution in [3.63, 3.8) is 0 Å². The lowest BCUT2D eigenvalue weighted by molar-refractivity contribution is -0.128. The number of nitrogens with zero attached hydrogens (tertiary/aromatic N) is 1. The number of rotatable bonds is 7. The third-order valence-electron chi connectivity index (χ3n) is 4.61. The van der Waals surface area contributed by atoms with E-state index in [1.165, 1.54) is 13.2 Å². The number of carbonyl (C=O) groups excluding carboxylic acids is 2. The number of benzene rings is 1. The van der Waals surface area contributed by atoms with Crippen LogP contribution in [0.3, 0.4) is 0 Å². The molecular weight excluding hydrogens is 336 g/mol. The number of carbonyl (C=O) groups is 2. The fourth-order valence-corrected chi connectivity index (χ4v) is 3.19. The van der Waals surface area contributed by atoms with Crippen LogP contribution < -0.4 is 19.5 Å². The van der Waals surface area contributed by atoms with E-state index < -0.39 is 0 Å². The molecule has 7 heteroatoms. The Kier molecular flexibility index (Phi) is 5.35. The van der Waals surface area contributed by atoms with E-state index in [1.807, 2.05) is 4.90 Å². The molecule has 1 unspecified atom stereocenters. The maximum Gasteiger partial charge on any atom is 0.244 e. The van der Waals surface area contributed by atoms with E-state index in [-0.39, 0.29) is 17.9 Å². The number of nitrogens with one attached hydrogen (secondary N) is 1. The van der Waals surface area contributed by atoms with Crippen LogP contribution in [0.25, 0.3) is 6.08 Å². The highest BCUT2D eigenvalue weighted by Gasteiger charge is 2.39. The van der Waals surface area contributed by atoms with Crippen molar-refractivity contribution in [2.24, 2.45) is 0 Å². The summed E-state index contributed by atoms with van der Waals surface area (Å²) in [6, 6.07) is 3.79. The maximum absolute atomic E-state index is 12.2. The van der Waals surface area contributed by atoms with Gasteiger partial charge < -0.3 is 24.4 Å². The molecule has 1 saturated carbocycles. The Labute approximate surface area is 152 Å². The predicted octanol–water partition coefficient (Wildman–Crippen LogP) is 1.61. The standard InChI is InChI=1S/C19H24N2O5/c1-24-15-8-12(9-16(25-2)19(15)26-3)4-7-17(22)20-13-10-18(23)21(11-13)14-5-6-14/h4,7-9,13-14H,5-6,10-11H2,1-3H3,(H,20,22)/b7-4+. The van der Waals surface area contributed by atoms with Gasteiger partial charge in [0.15, 0.2) is 11.5 Å².